The summed E-state index contributed by atoms with van der Waals surface area (Å²) in [6, 6.07) is 9.30. The minimum absolute atomic E-state index is 0.272. The average Bonchev–Trinajstić information content (AvgIpc) is 2.43. The SMILES string of the molecule is CCCN(CC)c1nc2ccccc2cc1C(=O)O. The first kappa shape index (κ1) is 13.3. The predicted molar refractivity (Wildman–Crippen MR) is 76.9 cm³/mol. The Morgan fingerprint density at radius 1 is 1.32 bits per heavy atom. The van der Waals surface area contributed by atoms with Gasteiger partial charge in [0, 0.05) is 18.5 Å². The van der Waals surface area contributed by atoms with Crippen LogP contribution >= 0.6 is 0 Å². The molecule has 1 aromatic carbocycles. The molecule has 0 aliphatic carbocycles. The Bertz CT molecular complexity index is 596. The Kier molecular flexibility index (Phi) is 4.00. The summed E-state index contributed by atoms with van der Waals surface area (Å²) in [5.41, 5.74) is 1.10. The van der Waals surface area contributed by atoms with Gasteiger partial charge in [0.25, 0.3) is 0 Å². The van der Waals surface area contributed by atoms with Crippen molar-refractivity contribution in [3.05, 3.63) is 35.9 Å². The molecule has 0 aliphatic rings. The van der Waals surface area contributed by atoms with Crippen molar-refractivity contribution in [1.29, 1.82) is 0 Å². The van der Waals surface area contributed by atoms with Crippen LogP contribution in [0, 0.1) is 0 Å². The lowest BCUT2D eigenvalue weighted by molar-refractivity contribution is 0.0697. The Hall–Kier alpha value is -2.10. The van der Waals surface area contributed by atoms with Crippen LogP contribution in [0.5, 0.6) is 0 Å². The molecule has 4 heteroatoms. The number of anilines is 1. The minimum Gasteiger partial charge on any atom is -0.478 e. The first-order valence-electron chi connectivity index (χ1n) is 6.55. The van der Waals surface area contributed by atoms with Gasteiger partial charge in [0.15, 0.2) is 0 Å². The second-order valence-corrected chi connectivity index (χ2v) is 4.44. The summed E-state index contributed by atoms with van der Waals surface area (Å²) in [5.74, 6) is -0.363. The van der Waals surface area contributed by atoms with Crippen molar-refractivity contribution in [3.8, 4) is 0 Å². The van der Waals surface area contributed by atoms with Gasteiger partial charge in [-0.3, -0.25) is 0 Å². The van der Waals surface area contributed by atoms with Gasteiger partial charge in [-0.1, -0.05) is 25.1 Å². The number of hydrogen-bond acceptors (Lipinski definition) is 3. The van der Waals surface area contributed by atoms with Crippen LogP contribution in [0.1, 0.15) is 30.6 Å². The van der Waals surface area contributed by atoms with Crippen molar-refractivity contribution in [2.45, 2.75) is 20.3 Å². The lowest BCUT2D eigenvalue weighted by Gasteiger charge is -2.23. The van der Waals surface area contributed by atoms with Gasteiger partial charge in [-0.2, -0.15) is 0 Å². The van der Waals surface area contributed by atoms with Crippen LogP contribution in [0.3, 0.4) is 0 Å². The van der Waals surface area contributed by atoms with Crippen molar-refractivity contribution >= 4 is 22.7 Å². The molecule has 2 rings (SSSR count). The van der Waals surface area contributed by atoms with E-state index in [-0.39, 0.29) is 5.56 Å². The fraction of sp³-hybridized carbons (Fsp3) is 0.333. The first-order valence-corrected chi connectivity index (χ1v) is 6.55. The van der Waals surface area contributed by atoms with Crippen molar-refractivity contribution in [1.82, 2.24) is 4.98 Å². The van der Waals surface area contributed by atoms with E-state index in [0.717, 1.165) is 30.4 Å². The van der Waals surface area contributed by atoms with E-state index in [0.29, 0.717) is 5.82 Å². The average molecular weight is 258 g/mol. The van der Waals surface area contributed by atoms with Gasteiger partial charge in [-0.05, 0) is 25.5 Å². The van der Waals surface area contributed by atoms with Crippen LogP contribution in [0.4, 0.5) is 5.82 Å². The second kappa shape index (κ2) is 5.69. The third-order valence-electron chi connectivity index (χ3n) is 3.11. The highest BCUT2D eigenvalue weighted by atomic mass is 16.4. The second-order valence-electron chi connectivity index (χ2n) is 4.44. The molecule has 0 saturated carbocycles. The molecule has 0 saturated heterocycles. The maximum Gasteiger partial charge on any atom is 0.339 e. The van der Waals surface area contributed by atoms with Crippen LogP contribution in [0.25, 0.3) is 10.9 Å². The maximum absolute atomic E-state index is 11.4. The third-order valence-corrected chi connectivity index (χ3v) is 3.11. The van der Waals surface area contributed by atoms with Gasteiger partial charge >= 0.3 is 5.97 Å². The van der Waals surface area contributed by atoms with E-state index in [4.69, 9.17) is 0 Å². The standard InChI is InChI=1S/C15H18N2O2/c1-3-9-17(4-2)14-12(15(18)19)10-11-7-5-6-8-13(11)16-14/h5-8,10H,3-4,9H2,1-2H3,(H,18,19). The molecule has 0 radical (unpaired) electrons. The molecule has 0 unspecified atom stereocenters. The van der Waals surface area contributed by atoms with Gasteiger partial charge in [-0.15, -0.1) is 0 Å². The summed E-state index contributed by atoms with van der Waals surface area (Å²) in [4.78, 5) is 18.0. The van der Waals surface area contributed by atoms with Gasteiger partial charge in [0.1, 0.15) is 11.4 Å². The number of aromatic carboxylic acids is 1. The van der Waals surface area contributed by atoms with Crippen LogP contribution in [0.2, 0.25) is 0 Å². The predicted octanol–water partition coefficient (Wildman–Crippen LogP) is 3.17. The van der Waals surface area contributed by atoms with Gasteiger partial charge in [0.2, 0.25) is 0 Å². The van der Waals surface area contributed by atoms with E-state index in [1.165, 1.54) is 0 Å². The number of carboxylic acids is 1. The Morgan fingerprint density at radius 2 is 2.05 bits per heavy atom. The zero-order valence-corrected chi connectivity index (χ0v) is 11.3. The quantitative estimate of drug-likeness (QED) is 0.895. The zero-order valence-electron chi connectivity index (χ0n) is 11.3. The summed E-state index contributed by atoms with van der Waals surface area (Å²) >= 11 is 0. The van der Waals surface area contributed by atoms with E-state index in [1.807, 2.05) is 36.1 Å². The van der Waals surface area contributed by atoms with Crippen molar-refractivity contribution in [3.63, 3.8) is 0 Å². The van der Waals surface area contributed by atoms with E-state index in [9.17, 15) is 9.90 Å². The highest BCUT2D eigenvalue weighted by Gasteiger charge is 2.17. The molecule has 1 N–H and O–H groups in total. The molecule has 2 aromatic rings. The number of rotatable bonds is 5. The molecular weight excluding hydrogens is 240 g/mol. The van der Waals surface area contributed by atoms with Crippen LogP contribution < -0.4 is 4.90 Å². The molecule has 100 valence electrons. The number of benzene rings is 1. The fourth-order valence-corrected chi connectivity index (χ4v) is 2.19. The number of para-hydroxylation sites is 1. The molecule has 19 heavy (non-hydrogen) atoms. The molecule has 0 atom stereocenters. The molecule has 1 heterocycles. The number of pyridine rings is 1. The van der Waals surface area contributed by atoms with Crippen LogP contribution in [-0.2, 0) is 0 Å². The Balaban J connectivity index is 2.62. The van der Waals surface area contributed by atoms with Crippen LogP contribution in [-0.4, -0.2) is 29.1 Å². The summed E-state index contributed by atoms with van der Waals surface area (Å²) in [7, 11) is 0. The fourth-order valence-electron chi connectivity index (χ4n) is 2.19. The lowest BCUT2D eigenvalue weighted by atomic mass is 10.1. The monoisotopic (exact) mass is 258 g/mol. The number of fused-ring (bicyclic) bond motifs is 1. The molecular formula is C15H18N2O2. The smallest absolute Gasteiger partial charge is 0.339 e. The minimum atomic E-state index is -0.928. The molecule has 4 nitrogen and oxygen atoms in total. The number of carboxylic acid groups (broad SMARTS) is 1. The van der Waals surface area contributed by atoms with E-state index in [1.54, 1.807) is 6.07 Å². The third kappa shape index (κ3) is 2.67. The van der Waals surface area contributed by atoms with Gasteiger partial charge in [-0.25, -0.2) is 9.78 Å². The Labute approximate surface area is 112 Å². The van der Waals surface area contributed by atoms with Crippen molar-refractivity contribution in [2.24, 2.45) is 0 Å². The topological polar surface area (TPSA) is 53.4 Å². The van der Waals surface area contributed by atoms with Gasteiger partial charge in [0.05, 0.1) is 5.52 Å². The highest BCUT2D eigenvalue weighted by molar-refractivity contribution is 5.98. The number of hydrogen-bond donors (Lipinski definition) is 1. The van der Waals surface area contributed by atoms with Crippen molar-refractivity contribution < 1.29 is 9.90 Å². The van der Waals surface area contributed by atoms with Crippen LogP contribution in [0.15, 0.2) is 30.3 Å². The summed E-state index contributed by atoms with van der Waals surface area (Å²) in [5, 5.41) is 10.2. The van der Waals surface area contributed by atoms with E-state index < -0.39 is 5.97 Å². The van der Waals surface area contributed by atoms with E-state index in [2.05, 4.69) is 11.9 Å². The Morgan fingerprint density at radius 3 is 2.68 bits per heavy atom. The summed E-state index contributed by atoms with van der Waals surface area (Å²) in [6.45, 7) is 5.64. The largest absolute Gasteiger partial charge is 0.478 e. The summed E-state index contributed by atoms with van der Waals surface area (Å²) in [6.07, 6.45) is 0.960. The summed E-state index contributed by atoms with van der Waals surface area (Å²) < 4.78 is 0. The zero-order chi connectivity index (χ0) is 13.8. The molecule has 0 fully saturated rings. The van der Waals surface area contributed by atoms with E-state index >= 15 is 0 Å². The number of carbonyl (C=O) groups is 1. The number of nitrogens with zero attached hydrogens (tertiary/aromatic N) is 2. The normalized spacial score (nSPS) is 10.6. The lowest BCUT2D eigenvalue weighted by Crippen LogP contribution is -2.26. The molecule has 0 bridgehead atoms. The highest BCUT2D eigenvalue weighted by Crippen LogP contribution is 2.23. The molecule has 0 spiro atoms. The molecule has 0 aliphatic heterocycles. The molecule has 0 amide bonds. The molecule has 1 aromatic heterocycles. The van der Waals surface area contributed by atoms with Gasteiger partial charge < -0.3 is 10.0 Å². The maximum atomic E-state index is 11.4. The van der Waals surface area contributed by atoms with Crippen molar-refractivity contribution in [2.75, 3.05) is 18.0 Å². The first-order chi connectivity index (χ1) is 9.17. The number of aromatic nitrogens is 1.